The summed E-state index contributed by atoms with van der Waals surface area (Å²) in [7, 11) is 1.53. The highest BCUT2D eigenvalue weighted by Crippen LogP contribution is 2.35. The smallest absolute Gasteiger partial charge is 0.306 e. The van der Waals surface area contributed by atoms with E-state index >= 15 is 0 Å². The number of carboxylic acid groups (broad SMARTS) is 1. The number of halogens is 1. The Labute approximate surface area is 116 Å². The van der Waals surface area contributed by atoms with Crippen LogP contribution in [0.15, 0.2) is 18.2 Å². The van der Waals surface area contributed by atoms with Gasteiger partial charge in [0.15, 0.2) is 5.78 Å². The van der Waals surface area contributed by atoms with Gasteiger partial charge in [-0.25, -0.2) is 0 Å². The van der Waals surface area contributed by atoms with Crippen molar-refractivity contribution < 1.29 is 19.4 Å². The number of carbonyl (C=O) groups is 2. The molecule has 0 aliphatic heterocycles. The van der Waals surface area contributed by atoms with Crippen LogP contribution in [-0.2, 0) is 4.79 Å². The van der Waals surface area contributed by atoms with Crippen LogP contribution in [0.4, 0.5) is 0 Å². The molecule has 2 rings (SSSR count). The van der Waals surface area contributed by atoms with Gasteiger partial charge in [-0.3, -0.25) is 9.59 Å². The fraction of sp³-hybridized carbons (Fsp3) is 0.429. The van der Waals surface area contributed by atoms with E-state index in [1.807, 2.05) is 0 Å². The Morgan fingerprint density at radius 3 is 2.53 bits per heavy atom. The Hall–Kier alpha value is -1.55. The maximum absolute atomic E-state index is 12.3. The first-order chi connectivity index (χ1) is 9.02. The quantitative estimate of drug-likeness (QED) is 0.862. The number of ketones is 1. The standard InChI is InChI=1S/C14H15ClO4/c1-19-10-4-5-11(12(15)7-10)13(16)8-2-3-9(6-8)14(17)18/h4-5,7-9H,2-3,6H2,1H3,(H,17,18). The number of hydrogen-bond donors (Lipinski definition) is 1. The van der Waals surface area contributed by atoms with E-state index in [0.29, 0.717) is 35.6 Å². The van der Waals surface area contributed by atoms with E-state index in [4.69, 9.17) is 21.4 Å². The van der Waals surface area contributed by atoms with Gasteiger partial charge in [0, 0.05) is 11.5 Å². The van der Waals surface area contributed by atoms with Crippen molar-refractivity contribution in [2.24, 2.45) is 11.8 Å². The number of ether oxygens (including phenoxy) is 1. The van der Waals surface area contributed by atoms with Crippen LogP contribution in [0.5, 0.6) is 5.75 Å². The molecule has 0 spiro atoms. The molecule has 0 heterocycles. The van der Waals surface area contributed by atoms with Crippen LogP contribution in [0.25, 0.3) is 0 Å². The monoisotopic (exact) mass is 282 g/mol. The van der Waals surface area contributed by atoms with Crippen molar-refractivity contribution in [3.63, 3.8) is 0 Å². The molecule has 2 unspecified atom stereocenters. The number of benzene rings is 1. The largest absolute Gasteiger partial charge is 0.497 e. The molecule has 0 radical (unpaired) electrons. The van der Waals surface area contributed by atoms with E-state index in [2.05, 4.69) is 0 Å². The van der Waals surface area contributed by atoms with Gasteiger partial charge < -0.3 is 9.84 Å². The van der Waals surface area contributed by atoms with E-state index < -0.39 is 11.9 Å². The van der Waals surface area contributed by atoms with E-state index in [0.717, 1.165) is 0 Å². The number of carboxylic acids is 1. The summed E-state index contributed by atoms with van der Waals surface area (Å²) in [6.07, 6.45) is 1.56. The molecule has 102 valence electrons. The first kappa shape index (κ1) is 13.9. The number of Topliss-reactive ketones (excluding diaryl/α,β-unsaturated/α-hetero) is 1. The lowest BCUT2D eigenvalue weighted by molar-refractivity contribution is -0.141. The molecular weight excluding hydrogens is 268 g/mol. The molecule has 19 heavy (non-hydrogen) atoms. The molecular formula is C14H15ClO4. The van der Waals surface area contributed by atoms with Crippen molar-refractivity contribution in [2.45, 2.75) is 19.3 Å². The zero-order valence-corrected chi connectivity index (χ0v) is 11.3. The maximum Gasteiger partial charge on any atom is 0.306 e. The summed E-state index contributed by atoms with van der Waals surface area (Å²) in [5, 5.41) is 9.30. The average Bonchev–Trinajstić information content (AvgIpc) is 2.87. The minimum Gasteiger partial charge on any atom is -0.497 e. The summed E-state index contributed by atoms with van der Waals surface area (Å²) in [5.74, 6) is -0.957. The van der Waals surface area contributed by atoms with Crippen molar-refractivity contribution >= 4 is 23.4 Å². The van der Waals surface area contributed by atoms with E-state index in [9.17, 15) is 9.59 Å². The fourth-order valence-corrected chi connectivity index (χ4v) is 2.75. The third-order valence-electron chi connectivity index (χ3n) is 3.59. The Kier molecular flexibility index (Phi) is 4.10. The normalized spacial score (nSPS) is 22.2. The lowest BCUT2D eigenvalue weighted by Crippen LogP contribution is -2.15. The number of carbonyl (C=O) groups excluding carboxylic acids is 1. The third-order valence-corrected chi connectivity index (χ3v) is 3.91. The summed E-state index contributed by atoms with van der Waals surface area (Å²) in [6, 6.07) is 4.92. The predicted octanol–water partition coefficient (Wildman–Crippen LogP) is 3.03. The molecule has 0 aromatic heterocycles. The average molecular weight is 283 g/mol. The molecule has 1 aliphatic carbocycles. The van der Waals surface area contributed by atoms with Gasteiger partial charge in [0.2, 0.25) is 0 Å². The highest BCUT2D eigenvalue weighted by molar-refractivity contribution is 6.34. The Bertz CT molecular complexity index is 512. The molecule has 1 saturated carbocycles. The SMILES string of the molecule is COc1ccc(C(=O)C2CCC(C(=O)O)C2)c(Cl)c1. The molecule has 0 saturated heterocycles. The van der Waals surface area contributed by atoms with Crippen molar-refractivity contribution in [1.82, 2.24) is 0 Å². The second kappa shape index (κ2) is 5.61. The van der Waals surface area contributed by atoms with E-state index in [1.54, 1.807) is 18.2 Å². The number of aliphatic carboxylic acids is 1. The van der Waals surface area contributed by atoms with Crippen molar-refractivity contribution in [2.75, 3.05) is 7.11 Å². The van der Waals surface area contributed by atoms with Crippen LogP contribution < -0.4 is 4.74 Å². The highest BCUT2D eigenvalue weighted by Gasteiger charge is 2.34. The number of rotatable bonds is 4. The maximum atomic E-state index is 12.3. The topological polar surface area (TPSA) is 63.6 Å². The number of methoxy groups -OCH3 is 1. The molecule has 2 atom stereocenters. The first-order valence-electron chi connectivity index (χ1n) is 6.13. The van der Waals surface area contributed by atoms with Crippen LogP contribution in [0, 0.1) is 11.8 Å². The van der Waals surface area contributed by atoms with Crippen LogP contribution >= 0.6 is 11.6 Å². The molecule has 1 aromatic carbocycles. The zero-order chi connectivity index (χ0) is 14.0. The van der Waals surface area contributed by atoms with Crippen LogP contribution in [0.1, 0.15) is 29.6 Å². The van der Waals surface area contributed by atoms with Gasteiger partial charge in [-0.1, -0.05) is 11.6 Å². The van der Waals surface area contributed by atoms with Gasteiger partial charge in [0.1, 0.15) is 5.75 Å². The van der Waals surface area contributed by atoms with Crippen molar-refractivity contribution in [1.29, 1.82) is 0 Å². The molecule has 1 N–H and O–H groups in total. The summed E-state index contributed by atoms with van der Waals surface area (Å²) in [5.41, 5.74) is 0.443. The molecule has 5 heteroatoms. The number of hydrogen-bond acceptors (Lipinski definition) is 3. The van der Waals surface area contributed by atoms with Gasteiger partial charge in [0.25, 0.3) is 0 Å². The summed E-state index contributed by atoms with van der Waals surface area (Å²) < 4.78 is 5.03. The summed E-state index contributed by atoms with van der Waals surface area (Å²) >= 11 is 6.06. The van der Waals surface area contributed by atoms with Gasteiger partial charge >= 0.3 is 5.97 Å². The summed E-state index contributed by atoms with van der Waals surface area (Å²) in [4.78, 5) is 23.2. The summed E-state index contributed by atoms with van der Waals surface area (Å²) in [6.45, 7) is 0. The molecule has 4 nitrogen and oxygen atoms in total. The lowest BCUT2D eigenvalue weighted by Gasteiger charge is -2.11. The van der Waals surface area contributed by atoms with Crippen LogP contribution in [0.3, 0.4) is 0 Å². The molecule has 0 amide bonds. The second-order valence-electron chi connectivity index (χ2n) is 4.76. The molecule has 1 aromatic rings. The highest BCUT2D eigenvalue weighted by atomic mass is 35.5. The third kappa shape index (κ3) is 2.89. The fourth-order valence-electron chi connectivity index (χ4n) is 2.49. The molecule has 0 bridgehead atoms. The van der Waals surface area contributed by atoms with Crippen molar-refractivity contribution in [3.05, 3.63) is 28.8 Å². The van der Waals surface area contributed by atoms with E-state index in [-0.39, 0.29) is 11.7 Å². The van der Waals surface area contributed by atoms with Crippen LogP contribution in [-0.4, -0.2) is 24.0 Å². The van der Waals surface area contributed by atoms with Crippen molar-refractivity contribution in [3.8, 4) is 5.75 Å². The minimum atomic E-state index is -0.823. The Morgan fingerprint density at radius 2 is 2.00 bits per heavy atom. The molecule has 1 fully saturated rings. The van der Waals surface area contributed by atoms with Gasteiger partial charge in [-0.15, -0.1) is 0 Å². The predicted molar refractivity (Wildman–Crippen MR) is 70.8 cm³/mol. The van der Waals surface area contributed by atoms with Gasteiger partial charge in [0.05, 0.1) is 18.1 Å². The van der Waals surface area contributed by atoms with Gasteiger partial charge in [-0.2, -0.15) is 0 Å². The second-order valence-corrected chi connectivity index (χ2v) is 5.16. The van der Waals surface area contributed by atoms with E-state index in [1.165, 1.54) is 7.11 Å². The van der Waals surface area contributed by atoms with Gasteiger partial charge in [-0.05, 0) is 37.5 Å². The van der Waals surface area contributed by atoms with Crippen LogP contribution in [0.2, 0.25) is 5.02 Å². The first-order valence-corrected chi connectivity index (χ1v) is 6.51. The zero-order valence-electron chi connectivity index (χ0n) is 10.6. The lowest BCUT2D eigenvalue weighted by atomic mass is 9.95. The molecule has 1 aliphatic rings. The Morgan fingerprint density at radius 1 is 1.32 bits per heavy atom. The Balaban J connectivity index is 2.14. The minimum absolute atomic E-state index is 0.0728.